The van der Waals surface area contributed by atoms with Gasteiger partial charge in [-0.25, -0.2) is 16.8 Å². The predicted octanol–water partition coefficient (Wildman–Crippen LogP) is 0.0552. The van der Waals surface area contributed by atoms with Crippen LogP contribution < -0.4 is 11.1 Å². The lowest BCUT2D eigenvalue weighted by molar-refractivity contribution is -0.115. The first-order valence-corrected chi connectivity index (χ1v) is 9.85. The number of hydrogen-bond acceptors (Lipinski definition) is 6. The number of carbonyl (C=O) groups excluding carboxylic acids is 1. The smallest absolute Gasteiger partial charge is 0.242 e. The Morgan fingerprint density at radius 1 is 1.19 bits per heavy atom. The van der Waals surface area contributed by atoms with Gasteiger partial charge in [-0.1, -0.05) is 12.1 Å². The van der Waals surface area contributed by atoms with Crippen molar-refractivity contribution in [3.63, 3.8) is 0 Å². The summed E-state index contributed by atoms with van der Waals surface area (Å²) in [5.74, 6) is -1.85. The van der Waals surface area contributed by atoms with Gasteiger partial charge in [-0.2, -0.15) is 0 Å². The predicted molar refractivity (Wildman–Crippen MR) is 82.4 cm³/mol. The van der Waals surface area contributed by atoms with Crippen LogP contribution in [0, 0.1) is 0 Å². The van der Waals surface area contributed by atoms with Gasteiger partial charge in [-0.05, 0) is 19.1 Å². The van der Waals surface area contributed by atoms with Crippen LogP contribution in [0.1, 0.15) is 6.92 Å². The van der Waals surface area contributed by atoms with E-state index in [-0.39, 0.29) is 0 Å². The highest BCUT2D eigenvalue weighted by atomic mass is 32.2. The highest BCUT2D eigenvalue weighted by Gasteiger charge is 2.29. The van der Waals surface area contributed by atoms with Crippen LogP contribution in [-0.4, -0.2) is 45.8 Å². The zero-order valence-electron chi connectivity index (χ0n) is 11.7. The van der Waals surface area contributed by atoms with Crippen LogP contribution in [0.4, 0.5) is 11.4 Å². The molecule has 9 heteroatoms. The number of hydrogen-bond donors (Lipinski definition) is 2. The van der Waals surface area contributed by atoms with Crippen LogP contribution in [0.15, 0.2) is 24.3 Å². The lowest BCUT2D eigenvalue weighted by atomic mass is 10.2. The van der Waals surface area contributed by atoms with Crippen molar-refractivity contribution in [2.24, 2.45) is 0 Å². The second-order valence-corrected chi connectivity index (χ2v) is 9.42. The number of benzene rings is 1. The summed E-state index contributed by atoms with van der Waals surface area (Å²) in [6.07, 6.45) is 0.942. The molecule has 0 radical (unpaired) electrons. The van der Waals surface area contributed by atoms with Gasteiger partial charge in [0.15, 0.2) is 9.84 Å². The molecule has 3 N–H and O–H groups in total. The van der Waals surface area contributed by atoms with Crippen molar-refractivity contribution in [1.29, 1.82) is 0 Å². The maximum atomic E-state index is 11.9. The molecule has 0 aliphatic carbocycles. The molecule has 0 aliphatic heterocycles. The molecule has 0 bridgehead atoms. The number of anilines is 2. The lowest BCUT2D eigenvalue weighted by Gasteiger charge is -2.14. The minimum atomic E-state index is -3.86. The standard InChI is InChI=1S/C12H18N2O5S2/c1-9(21(18,19)8-7-20(2,16)17)12(15)14-11-6-4-3-5-10(11)13/h3-6,9H,7-8,13H2,1-2H3,(H,14,15). The summed E-state index contributed by atoms with van der Waals surface area (Å²) >= 11 is 0. The van der Waals surface area contributed by atoms with E-state index in [1.54, 1.807) is 24.3 Å². The molecule has 1 amide bonds. The van der Waals surface area contributed by atoms with Crippen molar-refractivity contribution in [1.82, 2.24) is 0 Å². The molecule has 0 fully saturated rings. The summed E-state index contributed by atoms with van der Waals surface area (Å²) in [6.45, 7) is 1.21. The molecule has 1 rings (SSSR count). The molecule has 7 nitrogen and oxygen atoms in total. The van der Waals surface area contributed by atoms with E-state index in [0.29, 0.717) is 11.4 Å². The van der Waals surface area contributed by atoms with Crippen molar-refractivity contribution in [2.75, 3.05) is 28.8 Å². The van der Waals surface area contributed by atoms with E-state index in [9.17, 15) is 21.6 Å². The Kier molecular flexibility index (Phi) is 5.35. The molecule has 0 aromatic heterocycles. The summed E-state index contributed by atoms with van der Waals surface area (Å²) in [6, 6.07) is 6.44. The quantitative estimate of drug-likeness (QED) is 0.709. The third-order valence-corrected chi connectivity index (χ3v) is 6.13. The second kappa shape index (κ2) is 6.44. The Balaban J connectivity index is 2.80. The van der Waals surface area contributed by atoms with Gasteiger partial charge in [0.1, 0.15) is 15.1 Å². The number of nitrogens with one attached hydrogen (secondary N) is 1. The van der Waals surface area contributed by atoms with E-state index < -0.39 is 42.3 Å². The van der Waals surface area contributed by atoms with Crippen LogP contribution in [0.2, 0.25) is 0 Å². The fourth-order valence-electron chi connectivity index (χ4n) is 1.45. The van der Waals surface area contributed by atoms with Gasteiger partial charge in [0.05, 0.1) is 22.9 Å². The lowest BCUT2D eigenvalue weighted by Crippen LogP contribution is -2.35. The number of carbonyl (C=O) groups is 1. The molecule has 0 saturated heterocycles. The molecule has 1 unspecified atom stereocenters. The number of sulfone groups is 2. The van der Waals surface area contributed by atoms with Crippen molar-refractivity contribution in [2.45, 2.75) is 12.2 Å². The van der Waals surface area contributed by atoms with Gasteiger partial charge in [0.2, 0.25) is 5.91 Å². The van der Waals surface area contributed by atoms with E-state index in [2.05, 4.69) is 5.32 Å². The maximum absolute atomic E-state index is 11.9. The number of para-hydroxylation sites is 2. The monoisotopic (exact) mass is 334 g/mol. The Hall–Kier alpha value is -1.61. The molecule has 0 aliphatic rings. The number of nitrogen functional groups attached to an aromatic ring is 1. The highest BCUT2D eigenvalue weighted by Crippen LogP contribution is 2.18. The second-order valence-electron chi connectivity index (χ2n) is 4.72. The third-order valence-electron chi connectivity index (χ3n) is 2.87. The fourth-order valence-corrected chi connectivity index (χ4v) is 4.33. The first-order valence-electron chi connectivity index (χ1n) is 6.07. The molecule has 0 saturated carbocycles. The van der Waals surface area contributed by atoms with E-state index in [0.717, 1.165) is 6.26 Å². The molecule has 1 aromatic rings. The molecule has 1 aromatic carbocycles. The zero-order valence-corrected chi connectivity index (χ0v) is 13.4. The van der Waals surface area contributed by atoms with Crippen molar-refractivity contribution >= 4 is 37.0 Å². The van der Waals surface area contributed by atoms with E-state index in [1.807, 2.05) is 0 Å². The molecule has 1 atom stereocenters. The number of nitrogens with two attached hydrogens (primary N) is 1. The van der Waals surface area contributed by atoms with E-state index >= 15 is 0 Å². The molecule has 118 valence electrons. The van der Waals surface area contributed by atoms with Gasteiger partial charge in [0, 0.05) is 6.26 Å². The van der Waals surface area contributed by atoms with Gasteiger partial charge in [-0.15, -0.1) is 0 Å². The summed E-state index contributed by atoms with van der Waals surface area (Å²) in [7, 11) is -7.27. The Morgan fingerprint density at radius 3 is 2.29 bits per heavy atom. The third kappa shape index (κ3) is 5.35. The largest absolute Gasteiger partial charge is 0.397 e. The van der Waals surface area contributed by atoms with Crippen LogP contribution in [0.3, 0.4) is 0 Å². The fraction of sp³-hybridized carbons (Fsp3) is 0.417. The van der Waals surface area contributed by atoms with Crippen molar-refractivity contribution in [3.05, 3.63) is 24.3 Å². The summed E-state index contributed by atoms with van der Waals surface area (Å²) in [4.78, 5) is 11.9. The van der Waals surface area contributed by atoms with E-state index in [1.165, 1.54) is 6.92 Å². The molecule has 0 spiro atoms. The molecule has 0 heterocycles. The summed E-state index contributed by atoms with van der Waals surface area (Å²) < 4.78 is 45.9. The Labute approximate surface area is 124 Å². The number of rotatable bonds is 6. The maximum Gasteiger partial charge on any atom is 0.242 e. The van der Waals surface area contributed by atoms with E-state index in [4.69, 9.17) is 5.73 Å². The van der Waals surface area contributed by atoms with Gasteiger partial charge < -0.3 is 11.1 Å². The zero-order chi connectivity index (χ0) is 16.3. The summed E-state index contributed by atoms with van der Waals surface area (Å²) in [5.41, 5.74) is 6.27. The topological polar surface area (TPSA) is 123 Å². The van der Waals surface area contributed by atoms with Crippen LogP contribution in [-0.2, 0) is 24.5 Å². The van der Waals surface area contributed by atoms with Crippen LogP contribution in [0.25, 0.3) is 0 Å². The Bertz CT molecular complexity index is 726. The van der Waals surface area contributed by atoms with Crippen LogP contribution in [0.5, 0.6) is 0 Å². The minimum absolute atomic E-state index is 0.312. The van der Waals surface area contributed by atoms with Crippen LogP contribution >= 0.6 is 0 Å². The normalized spacial score (nSPS) is 13.6. The average Bonchev–Trinajstić information content (AvgIpc) is 2.37. The van der Waals surface area contributed by atoms with Crippen molar-refractivity contribution < 1.29 is 21.6 Å². The highest BCUT2D eigenvalue weighted by molar-refractivity contribution is 7.95. The van der Waals surface area contributed by atoms with Gasteiger partial charge in [-0.3, -0.25) is 4.79 Å². The first kappa shape index (κ1) is 17.4. The molecule has 21 heavy (non-hydrogen) atoms. The minimum Gasteiger partial charge on any atom is -0.397 e. The molecular formula is C12H18N2O5S2. The van der Waals surface area contributed by atoms with Gasteiger partial charge in [0.25, 0.3) is 0 Å². The molecular weight excluding hydrogens is 316 g/mol. The van der Waals surface area contributed by atoms with Crippen molar-refractivity contribution in [3.8, 4) is 0 Å². The average molecular weight is 334 g/mol. The van der Waals surface area contributed by atoms with Gasteiger partial charge >= 0.3 is 0 Å². The first-order chi connectivity index (χ1) is 9.53. The SMILES string of the molecule is CC(C(=O)Nc1ccccc1N)S(=O)(=O)CCS(C)(=O)=O. The number of amides is 1. The summed E-state index contributed by atoms with van der Waals surface area (Å²) in [5, 5.41) is 1.06. The Morgan fingerprint density at radius 2 is 1.76 bits per heavy atom.